The van der Waals surface area contributed by atoms with Gasteiger partial charge < -0.3 is 41.8 Å². The minimum Gasteiger partial charge on any atom is -0.389 e. The molecule has 2 aliphatic rings. The molecule has 4 aromatic heterocycles. The summed E-state index contributed by atoms with van der Waals surface area (Å²) < 4.78 is 10.8. The van der Waals surface area contributed by atoms with Gasteiger partial charge in [-0.1, -0.05) is 48.5 Å². The van der Waals surface area contributed by atoms with E-state index in [1.54, 1.807) is 50.5 Å². The number of hydrogen-bond acceptors (Lipinski definition) is 16. The number of anilines is 4. The third kappa shape index (κ3) is 11.8. The summed E-state index contributed by atoms with van der Waals surface area (Å²) in [5, 5.41) is 27.2. The van der Waals surface area contributed by atoms with Crippen molar-refractivity contribution < 1.29 is 29.3 Å². The van der Waals surface area contributed by atoms with Gasteiger partial charge in [0.05, 0.1) is 62.9 Å². The van der Waals surface area contributed by atoms with Crippen LogP contribution in [0, 0.1) is 0 Å². The molecule has 0 aliphatic carbocycles. The Hall–Kier alpha value is -5.70. The molecule has 6 heterocycles. The van der Waals surface area contributed by atoms with Crippen molar-refractivity contribution in [2.45, 2.75) is 39.1 Å². The van der Waals surface area contributed by atoms with Crippen LogP contribution in [0.3, 0.4) is 0 Å². The van der Waals surface area contributed by atoms with Crippen molar-refractivity contribution >= 4 is 56.1 Å². The zero-order valence-corrected chi connectivity index (χ0v) is 36.1. The molecule has 62 heavy (non-hydrogen) atoms. The van der Waals surface area contributed by atoms with Gasteiger partial charge in [0, 0.05) is 48.3 Å². The summed E-state index contributed by atoms with van der Waals surface area (Å²) in [5.41, 5.74) is 15.6. The molecule has 2 fully saturated rings. The Morgan fingerprint density at radius 2 is 1.02 bits per heavy atom. The number of nitrogens with zero attached hydrogens (tertiary/aromatic N) is 6. The summed E-state index contributed by atoms with van der Waals surface area (Å²) in [6.07, 6.45) is 2.36. The molecule has 0 bridgehead atoms. The lowest BCUT2D eigenvalue weighted by atomic mass is 10.1. The minimum atomic E-state index is -0.528. The van der Waals surface area contributed by atoms with E-state index < -0.39 is 24.0 Å². The van der Waals surface area contributed by atoms with Gasteiger partial charge in [0.15, 0.2) is 0 Å². The molecule has 0 unspecified atom stereocenters. The average Bonchev–Trinajstić information content (AvgIpc) is 3.90. The number of carbonyl (C=O) groups is 2. The first-order valence-corrected chi connectivity index (χ1v) is 21.8. The Labute approximate surface area is 367 Å². The van der Waals surface area contributed by atoms with Crippen LogP contribution in [0.4, 0.5) is 21.6 Å². The number of ether oxygens (including phenoxy) is 2. The van der Waals surface area contributed by atoms with E-state index in [9.17, 15) is 19.8 Å². The number of primary amides is 2. The van der Waals surface area contributed by atoms with Gasteiger partial charge in [-0.2, -0.15) is 0 Å². The van der Waals surface area contributed by atoms with E-state index in [0.717, 1.165) is 84.6 Å². The zero-order valence-electron chi connectivity index (χ0n) is 34.5. The molecule has 8 rings (SSSR count). The summed E-state index contributed by atoms with van der Waals surface area (Å²) in [5.74, 6) is 1.62. The van der Waals surface area contributed by atoms with Crippen LogP contribution in [0.1, 0.15) is 69.5 Å². The summed E-state index contributed by atoms with van der Waals surface area (Å²) in [6, 6.07) is 22.3. The summed E-state index contributed by atoms with van der Waals surface area (Å²) in [4.78, 5) is 48.3. The van der Waals surface area contributed by atoms with Crippen molar-refractivity contribution in [3.63, 3.8) is 0 Å². The Morgan fingerprint density at radius 3 is 1.35 bits per heavy atom. The van der Waals surface area contributed by atoms with Crippen molar-refractivity contribution in [1.82, 2.24) is 29.7 Å². The highest BCUT2D eigenvalue weighted by Crippen LogP contribution is 2.38. The van der Waals surface area contributed by atoms with Crippen LogP contribution in [-0.4, -0.2) is 104 Å². The number of aliphatic hydroxyl groups excluding tert-OH is 2. The van der Waals surface area contributed by atoms with Crippen molar-refractivity contribution in [3.8, 4) is 20.9 Å². The lowest BCUT2D eigenvalue weighted by Gasteiger charge is -2.25. The monoisotopic (exact) mass is 878 g/mol. The molecule has 6 aromatic rings. The molecule has 18 heteroatoms. The number of carbonyl (C=O) groups excluding carboxylic acids is 2. The smallest absolute Gasteiger partial charge is 0.251 e. The second kappa shape index (κ2) is 20.9. The van der Waals surface area contributed by atoms with Gasteiger partial charge in [0.2, 0.25) is 0 Å². The van der Waals surface area contributed by atoms with E-state index in [4.69, 9.17) is 20.9 Å². The SMILES string of the molecule is C[C@@H](O)c1ccc(-c2cc(C(N)=O)c(Nc3ccnc(CN4CCOCC4)n3)s2)cc1.C[C@H](O)c1ccc(-c2cc(C(N)=O)c(Nc3ccnc(CN4CCOCC4)n3)s2)cc1. The molecule has 0 saturated carbocycles. The number of rotatable bonds is 14. The molecular weight excluding hydrogens is 829 g/mol. The van der Waals surface area contributed by atoms with E-state index in [1.807, 2.05) is 48.5 Å². The number of morpholine rings is 2. The summed E-state index contributed by atoms with van der Waals surface area (Å²) >= 11 is 2.86. The molecule has 324 valence electrons. The predicted molar refractivity (Wildman–Crippen MR) is 241 cm³/mol. The number of aliphatic hydroxyl groups is 2. The van der Waals surface area contributed by atoms with Crippen LogP contribution >= 0.6 is 22.7 Å². The molecule has 2 aromatic carbocycles. The molecule has 2 aliphatic heterocycles. The summed E-state index contributed by atoms with van der Waals surface area (Å²) in [7, 11) is 0. The average molecular weight is 879 g/mol. The van der Waals surface area contributed by atoms with E-state index >= 15 is 0 Å². The maximum absolute atomic E-state index is 12.0. The van der Waals surface area contributed by atoms with Gasteiger partial charge in [-0.25, -0.2) is 19.9 Å². The second-order valence-electron chi connectivity index (χ2n) is 14.8. The molecule has 2 saturated heterocycles. The van der Waals surface area contributed by atoms with Crippen molar-refractivity contribution in [3.05, 3.63) is 119 Å². The van der Waals surface area contributed by atoms with Gasteiger partial charge >= 0.3 is 0 Å². The largest absolute Gasteiger partial charge is 0.389 e. The van der Waals surface area contributed by atoms with Crippen LogP contribution in [0.15, 0.2) is 85.2 Å². The van der Waals surface area contributed by atoms with Crippen molar-refractivity contribution in [2.24, 2.45) is 11.5 Å². The number of aromatic nitrogens is 4. The van der Waals surface area contributed by atoms with E-state index in [0.29, 0.717) is 57.5 Å². The number of nitrogens with two attached hydrogens (primary N) is 2. The summed E-state index contributed by atoms with van der Waals surface area (Å²) in [6.45, 7) is 11.0. The lowest BCUT2D eigenvalue weighted by Crippen LogP contribution is -2.36. The van der Waals surface area contributed by atoms with Gasteiger partial charge in [0.1, 0.15) is 33.3 Å². The minimum absolute atomic E-state index is 0.410. The topological polar surface area (TPSA) is 227 Å². The normalized spacial score (nSPS) is 15.5. The van der Waals surface area contributed by atoms with Crippen LogP contribution < -0.4 is 22.1 Å². The fraction of sp³-hybridized carbons (Fsp3) is 0.318. The molecular formula is C44H50N10O6S2. The van der Waals surface area contributed by atoms with Crippen LogP contribution in [0.2, 0.25) is 0 Å². The Bertz CT molecular complexity index is 2260. The second-order valence-corrected chi connectivity index (χ2v) is 16.9. The quantitative estimate of drug-likeness (QED) is 0.0753. The fourth-order valence-electron chi connectivity index (χ4n) is 6.71. The van der Waals surface area contributed by atoms with Crippen molar-refractivity contribution in [2.75, 3.05) is 63.2 Å². The number of nitrogens with one attached hydrogen (secondary N) is 2. The van der Waals surface area contributed by atoms with Crippen LogP contribution in [0.25, 0.3) is 20.9 Å². The molecule has 2 amide bonds. The van der Waals surface area contributed by atoms with Crippen LogP contribution in [0.5, 0.6) is 0 Å². The number of hydrogen-bond donors (Lipinski definition) is 6. The Kier molecular flexibility index (Phi) is 15.0. The number of thiophene rings is 2. The van der Waals surface area contributed by atoms with E-state index in [2.05, 4.69) is 40.4 Å². The van der Waals surface area contributed by atoms with Gasteiger partial charge in [-0.3, -0.25) is 19.4 Å². The molecule has 8 N–H and O–H groups in total. The van der Waals surface area contributed by atoms with E-state index in [-0.39, 0.29) is 0 Å². The number of amides is 2. The van der Waals surface area contributed by atoms with E-state index in [1.165, 1.54) is 22.7 Å². The fourth-order valence-corrected chi connectivity index (χ4v) is 8.86. The predicted octanol–water partition coefficient (Wildman–Crippen LogP) is 5.87. The maximum Gasteiger partial charge on any atom is 0.251 e. The number of benzene rings is 2. The van der Waals surface area contributed by atoms with Crippen LogP contribution in [-0.2, 0) is 22.6 Å². The first kappa shape index (κ1) is 44.4. The highest BCUT2D eigenvalue weighted by molar-refractivity contribution is 7.20. The highest BCUT2D eigenvalue weighted by atomic mass is 32.1. The maximum atomic E-state index is 12.0. The third-order valence-corrected chi connectivity index (χ3v) is 12.4. The third-order valence-electron chi connectivity index (χ3n) is 10.2. The Morgan fingerprint density at radius 1 is 0.645 bits per heavy atom. The van der Waals surface area contributed by atoms with Crippen molar-refractivity contribution in [1.29, 1.82) is 0 Å². The Balaban J connectivity index is 0.000000186. The first-order chi connectivity index (χ1) is 30.0. The first-order valence-electron chi connectivity index (χ1n) is 20.2. The van der Waals surface area contributed by atoms with Gasteiger partial charge in [0.25, 0.3) is 11.8 Å². The molecule has 16 nitrogen and oxygen atoms in total. The van der Waals surface area contributed by atoms with Gasteiger partial charge in [-0.15, -0.1) is 22.7 Å². The highest BCUT2D eigenvalue weighted by Gasteiger charge is 2.19. The van der Waals surface area contributed by atoms with Gasteiger partial charge in [-0.05, 0) is 60.4 Å². The molecule has 0 spiro atoms. The molecule has 2 atom stereocenters. The standard InChI is InChI=1S/2C22H25N5O3S/c2*1-14(28)15-2-4-16(5-3-15)18-12-17(21(23)29)22(31-18)26-19-6-7-24-20(25-19)13-27-8-10-30-11-9-27/h2*2-7,12,14,28H,8-11,13H2,1H3,(H2,23,29)(H,24,25,26)/t2*14-/m10/s1. The lowest BCUT2D eigenvalue weighted by molar-refractivity contribution is 0.0330. The zero-order chi connectivity index (χ0) is 43.6. The molecule has 0 radical (unpaired) electrons.